The Morgan fingerprint density at radius 1 is 1.40 bits per heavy atom. The molecule has 1 aliphatic rings. The second-order valence-corrected chi connectivity index (χ2v) is 6.48. The molecule has 0 spiro atoms. The van der Waals surface area contributed by atoms with Crippen LogP contribution in [0.1, 0.15) is 12.5 Å². The minimum atomic E-state index is 0.398. The average Bonchev–Trinajstić information content (AvgIpc) is 2.80. The number of benzene rings is 1. The second-order valence-electron chi connectivity index (χ2n) is 5.45. The molecule has 4 nitrogen and oxygen atoms in total. The lowest BCUT2D eigenvalue weighted by molar-refractivity contribution is 0.0368. The molecule has 1 N–H and O–H groups in total. The predicted octanol–water partition coefficient (Wildman–Crippen LogP) is 2.74. The van der Waals surface area contributed by atoms with Crippen molar-refractivity contribution in [1.82, 2.24) is 9.88 Å². The highest BCUT2D eigenvalue weighted by molar-refractivity contribution is 7.22. The van der Waals surface area contributed by atoms with Gasteiger partial charge in [0.25, 0.3) is 0 Å². The third kappa shape index (κ3) is 3.29. The summed E-state index contributed by atoms with van der Waals surface area (Å²) >= 11 is 1.74. The van der Waals surface area contributed by atoms with Gasteiger partial charge in [-0.2, -0.15) is 0 Å². The molecule has 0 saturated carbocycles. The van der Waals surface area contributed by atoms with E-state index in [0.29, 0.717) is 6.04 Å². The van der Waals surface area contributed by atoms with Gasteiger partial charge in [0.15, 0.2) is 5.13 Å². The number of hydrogen-bond donors (Lipinski definition) is 1. The van der Waals surface area contributed by atoms with Crippen molar-refractivity contribution in [2.75, 3.05) is 38.2 Å². The van der Waals surface area contributed by atoms with Crippen molar-refractivity contribution in [2.24, 2.45) is 0 Å². The minimum absolute atomic E-state index is 0.398. The molecule has 1 aliphatic heterocycles. The number of aryl methyl sites for hydroxylation is 1. The number of anilines is 1. The molecule has 1 atom stereocenters. The molecular weight excluding hydrogens is 270 g/mol. The van der Waals surface area contributed by atoms with Crippen LogP contribution < -0.4 is 5.32 Å². The van der Waals surface area contributed by atoms with E-state index < -0.39 is 0 Å². The first-order valence-corrected chi connectivity index (χ1v) is 7.96. The number of thiazole rings is 1. The Balaban J connectivity index is 1.63. The van der Waals surface area contributed by atoms with Crippen molar-refractivity contribution in [3.63, 3.8) is 0 Å². The third-order valence-corrected chi connectivity index (χ3v) is 4.50. The van der Waals surface area contributed by atoms with Gasteiger partial charge in [-0.1, -0.05) is 17.4 Å². The summed E-state index contributed by atoms with van der Waals surface area (Å²) < 4.78 is 6.63. The summed E-state index contributed by atoms with van der Waals surface area (Å²) in [6.07, 6.45) is 0. The molecule has 3 rings (SSSR count). The Bertz CT molecular complexity index is 578. The minimum Gasteiger partial charge on any atom is -0.379 e. The van der Waals surface area contributed by atoms with Gasteiger partial charge in [0.1, 0.15) is 0 Å². The van der Waals surface area contributed by atoms with Crippen molar-refractivity contribution < 1.29 is 4.74 Å². The summed E-state index contributed by atoms with van der Waals surface area (Å²) in [7, 11) is 0. The van der Waals surface area contributed by atoms with Gasteiger partial charge in [-0.3, -0.25) is 4.90 Å². The van der Waals surface area contributed by atoms with Crippen LogP contribution in [0.5, 0.6) is 0 Å². The summed E-state index contributed by atoms with van der Waals surface area (Å²) in [6, 6.07) is 6.81. The van der Waals surface area contributed by atoms with Gasteiger partial charge in [0.2, 0.25) is 0 Å². The Morgan fingerprint density at radius 3 is 3.00 bits per heavy atom. The lowest BCUT2D eigenvalue weighted by atomic mass is 10.2. The molecule has 0 aliphatic carbocycles. The molecule has 1 aromatic carbocycles. The molecule has 0 amide bonds. The highest BCUT2D eigenvalue weighted by Gasteiger charge is 2.14. The fourth-order valence-electron chi connectivity index (χ4n) is 2.52. The Hall–Kier alpha value is -1.17. The number of nitrogens with one attached hydrogen (secondary N) is 1. The summed E-state index contributed by atoms with van der Waals surface area (Å²) in [4.78, 5) is 7.09. The van der Waals surface area contributed by atoms with Gasteiger partial charge in [-0.15, -0.1) is 0 Å². The fourth-order valence-corrected chi connectivity index (χ4v) is 3.60. The second kappa shape index (κ2) is 6.08. The van der Waals surface area contributed by atoms with Gasteiger partial charge >= 0.3 is 0 Å². The maximum absolute atomic E-state index is 5.38. The zero-order valence-corrected chi connectivity index (χ0v) is 12.9. The molecule has 0 bridgehead atoms. The van der Waals surface area contributed by atoms with Crippen LogP contribution in [0.3, 0.4) is 0 Å². The third-order valence-electron chi connectivity index (χ3n) is 3.55. The predicted molar refractivity (Wildman–Crippen MR) is 84.7 cm³/mol. The lowest BCUT2D eigenvalue weighted by Crippen LogP contribution is -2.42. The standard InChI is InChI=1S/C15H21N3OS/c1-11-3-4-13-14(9-11)20-15(17-13)16-12(2)10-18-5-7-19-8-6-18/h3-4,9,12H,5-8,10H2,1-2H3,(H,16,17). The molecule has 1 saturated heterocycles. The summed E-state index contributed by atoms with van der Waals surface area (Å²) in [5.41, 5.74) is 2.37. The molecule has 5 heteroatoms. The summed E-state index contributed by atoms with van der Waals surface area (Å²) in [5, 5.41) is 4.54. The number of ether oxygens (including phenoxy) is 1. The molecule has 20 heavy (non-hydrogen) atoms. The van der Waals surface area contributed by atoms with Crippen LogP contribution in [0.15, 0.2) is 18.2 Å². The van der Waals surface area contributed by atoms with Gasteiger partial charge in [0.05, 0.1) is 23.4 Å². The van der Waals surface area contributed by atoms with Gasteiger partial charge in [0, 0.05) is 25.7 Å². The van der Waals surface area contributed by atoms with Crippen molar-refractivity contribution in [2.45, 2.75) is 19.9 Å². The van der Waals surface area contributed by atoms with Crippen LogP contribution >= 0.6 is 11.3 Å². The first-order chi connectivity index (χ1) is 9.70. The van der Waals surface area contributed by atoms with E-state index in [-0.39, 0.29) is 0 Å². The monoisotopic (exact) mass is 291 g/mol. The van der Waals surface area contributed by atoms with Crippen molar-refractivity contribution >= 4 is 26.7 Å². The highest BCUT2D eigenvalue weighted by atomic mass is 32.1. The normalized spacial score (nSPS) is 18.3. The van der Waals surface area contributed by atoms with E-state index in [1.54, 1.807) is 11.3 Å². The Morgan fingerprint density at radius 2 is 2.20 bits per heavy atom. The van der Waals surface area contributed by atoms with Crippen molar-refractivity contribution in [1.29, 1.82) is 0 Å². The number of rotatable bonds is 4. The van der Waals surface area contributed by atoms with Crippen LogP contribution in [0.25, 0.3) is 10.2 Å². The zero-order valence-electron chi connectivity index (χ0n) is 12.1. The highest BCUT2D eigenvalue weighted by Crippen LogP contribution is 2.27. The number of hydrogen-bond acceptors (Lipinski definition) is 5. The molecule has 1 aromatic heterocycles. The van der Waals surface area contributed by atoms with Gasteiger partial charge in [-0.25, -0.2) is 4.98 Å². The number of nitrogens with zero attached hydrogens (tertiary/aromatic N) is 2. The quantitative estimate of drug-likeness (QED) is 0.940. The zero-order chi connectivity index (χ0) is 13.9. The van der Waals surface area contributed by atoms with Crippen LogP contribution in [0.2, 0.25) is 0 Å². The van der Waals surface area contributed by atoms with E-state index >= 15 is 0 Å². The lowest BCUT2D eigenvalue weighted by Gasteiger charge is -2.29. The smallest absolute Gasteiger partial charge is 0.184 e. The van der Waals surface area contributed by atoms with E-state index in [0.717, 1.165) is 43.5 Å². The number of morpholine rings is 1. The molecule has 1 unspecified atom stereocenters. The maximum Gasteiger partial charge on any atom is 0.184 e. The van der Waals surface area contributed by atoms with Crippen LogP contribution in [-0.4, -0.2) is 48.8 Å². The first-order valence-electron chi connectivity index (χ1n) is 7.14. The summed E-state index contributed by atoms with van der Waals surface area (Å²) in [5.74, 6) is 0. The SMILES string of the molecule is Cc1ccc2nc(NC(C)CN3CCOCC3)sc2c1. The van der Waals surface area contributed by atoms with Crippen LogP contribution in [-0.2, 0) is 4.74 Å². The largest absolute Gasteiger partial charge is 0.379 e. The average molecular weight is 291 g/mol. The number of aromatic nitrogens is 1. The molecule has 2 heterocycles. The van der Waals surface area contributed by atoms with Crippen molar-refractivity contribution in [3.8, 4) is 0 Å². The Kier molecular flexibility index (Phi) is 4.19. The van der Waals surface area contributed by atoms with Crippen molar-refractivity contribution in [3.05, 3.63) is 23.8 Å². The van der Waals surface area contributed by atoms with Crippen LogP contribution in [0, 0.1) is 6.92 Å². The fraction of sp³-hybridized carbons (Fsp3) is 0.533. The van der Waals surface area contributed by atoms with E-state index in [1.165, 1.54) is 10.3 Å². The van der Waals surface area contributed by atoms with Gasteiger partial charge < -0.3 is 10.1 Å². The summed E-state index contributed by atoms with van der Waals surface area (Å²) in [6.45, 7) is 9.15. The topological polar surface area (TPSA) is 37.4 Å². The van der Waals surface area contributed by atoms with E-state index in [1.807, 2.05) is 0 Å². The molecule has 2 aromatic rings. The van der Waals surface area contributed by atoms with E-state index in [9.17, 15) is 0 Å². The molecule has 0 radical (unpaired) electrons. The molecule has 108 valence electrons. The van der Waals surface area contributed by atoms with E-state index in [4.69, 9.17) is 4.74 Å². The Labute approximate surface area is 123 Å². The van der Waals surface area contributed by atoms with E-state index in [2.05, 4.69) is 47.2 Å². The molecular formula is C15H21N3OS. The maximum atomic E-state index is 5.38. The van der Waals surface area contributed by atoms with Crippen LogP contribution in [0.4, 0.5) is 5.13 Å². The molecule has 1 fully saturated rings. The number of fused-ring (bicyclic) bond motifs is 1. The van der Waals surface area contributed by atoms with Gasteiger partial charge in [-0.05, 0) is 31.5 Å². The first kappa shape index (κ1) is 13.8.